The van der Waals surface area contributed by atoms with Crippen molar-refractivity contribution >= 4 is 10.9 Å². The lowest BCUT2D eigenvalue weighted by molar-refractivity contribution is 0.478. The summed E-state index contributed by atoms with van der Waals surface area (Å²) in [4.78, 5) is 17.4. The van der Waals surface area contributed by atoms with E-state index in [4.69, 9.17) is 0 Å². The molecule has 4 heteroatoms. The molecule has 0 spiro atoms. The molecule has 0 aliphatic carbocycles. The molecule has 0 bridgehead atoms. The van der Waals surface area contributed by atoms with E-state index in [2.05, 4.69) is 4.98 Å². The predicted octanol–water partition coefficient (Wildman–Crippen LogP) is 4.38. The highest BCUT2D eigenvalue weighted by atomic mass is 16.3. The Bertz CT molecular complexity index is 1120. The number of benzene rings is 2. The van der Waals surface area contributed by atoms with Gasteiger partial charge in [-0.05, 0) is 24.1 Å². The van der Waals surface area contributed by atoms with Crippen LogP contribution in [0, 0.1) is 0 Å². The first-order valence-corrected chi connectivity index (χ1v) is 8.49. The molecule has 128 valence electrons. The minimum Gasteiger partial charge on any atom is -0.506 e. The van der Waals surface area contributed by atoms with Gasteiger partial charge >= 0.3 is 0 Å². The Morgan fingerprint density at radius 1 is 0.962 bits per heavy atom. The normalized spacial score (nSPS) is 12.2. The maximum Gasteiger partial charge on any atom is 0.259 e. The van der Waals surface area contributed by atoms with Gasteiger partial charge in [-0.15, -0.1) is 0 Å². The van der Waals surface area contributed by atoms with Crippen molar-refractivity contribution in [2.45, 2.75) is 13.0 Å². The van der Waals surface area contributed by atoms with Crippen LogP contribution in [-0.2, 0) is 0 Å². The zero-order chi connectivity index (χ0) is 18.1. The predicted molar refractivity (Wildman–Crippen MR) is 103 cm³/mol. The fraction of sp³-hybridized carbons (Fsp3) is 0.0909. The van der Waals surface area contributed by atoms with Crippen molar-refractivity contribution in [2.75, 3.05) is 0 Å². The third-order valence-corrected chi connectivity index (χ3v) is 4.70. The van der Waals surface area contributed by atoms with Crippen LogP contribution in [0.1, 0.15) is 18.5 Å². The van der Waals surface area contributed by atoms with Crippen molar-refractivity contribution in [3.05, 3.63) is 95.0 Å². The monoisotopic (exact) mass is 342 g/mol. The van der Waals surface area contributed by atoms with Crippen molar-refractivity contribution < 1.29 is 5.11 Å². The molecule has 2 heterocycles. The lowest BCUT2D eigenvalue weighted by atomic mass is 10.0. The number of fused-ring (bicyclic) bond motifs is 1. The molecule has 4 nitrogen and oxygen atoms in total. The van der Waals surface area contributed by atoms with E-state index in [0.717, 1.165) is 11.1 Å². The fourth-order valence-electron chi connectivity index (χ4n) is 3.32. The number of aromatic hydroxyl groups is 1. The largest absolute Gasteiger partial charge is 0.506 e. The maximum absolute atomic E-state index is 13.4. The number of aromatic nitrogens is 2. The van der Waals surface area contributed by atoms with Crippen LogP contribution in [0.2, 0.25) is 0 Å². The third kappa shape index (κ3) is 2.65. The Labute approximate surface area is 151 Å². The van der Waals surface area contributed by atoms with Gasteiger partial charge in [-0.3, -0.25) is 14.3 Å². The van der Waals surface area contributed by atoms with E-state index >= 15 is 0 Å². The molecule has 0 fully saturated rings. The molecule has 4 rings (SSSR count). The summed E-state index contributed by atoms with van der Waals surface area (Å²) < 4.78 is 1.71. The molecule has 26 heavy (non-hydrogen) atoms. The minimum absolute atomic E-state index is 0.0636. The van der Waals surface area contributed by atoms with Gasteiger partial charge in [-0.2, -0.15) is 0 Å². The molecule has 0 aliphatic rings. The highest BCUT2D eigenvalue weighted by Gasteiger charge is 2.18. The summed E-state index contributed by atoms with van der Waals surface area (Å²) >= 11 is 0. The molecule has 0 saturated carbocycles. The van der Waals surface area contributed by atoms with Crippen LogP contribution in [0.3, 0.4) is 0 Å². The summed E-state index contributed by atoms with van der Waals surface area (Å²) in [7, 11) is 0. The van der Waals surface area contributed by atoms with Crippen LogP contribution in [-0.4, -0.2) is 14.7 Å². The number of pyridine rings is 2. The standard InChI is InChI=1S/C22H18N2O2/c1-15(16-8-4-2-5-9-16)24-20-13-23-14-21(25)19(20)12-18(22(24)26)17-10-6-3-7-11-17/h2-15,25H,1H3/t15-/m0/s1. The summed E-state index contributed by atoms with van der Waals surface area (Å²) in [6.07, 6.45) is 3.03. The highest BCUT2D eigenvalue weighted by Crippen LogP contribution is 2.29. The Balaban J connectivity index is 2.06. The smallest absolute Gasteiger partial charge is 0.259 e. The maximum atomic E-state index is 13.4. The number of nitrogens with zero attached hydrogens (tertiary/aromatic N) is 2. The molecular formula is C22H18N2O2. The zero-order valence-corrected chi connectivity index (χ0v) is 14.3. The van der Waals surface area contributed by atoms with Gasteiger partial charge in [0, 0.05) is 10.9 Å². The summed E-state index contributed by atoms with van der Waals surface area (Å²) in [5.41, 5.74) is 2.91. The molecule has 1 atom stereocenters. The topological polar surface area (TPSA) is 55.1 Å². The minimum atomic E-state index is -0.196. The first-order valence-electron chi connectivity index (χ1n) is 8.49. The molecule has 0 amide bonds. The van der Waals surface area contributed by atoms with Crippen molar-refractivity contribution in [3.8, 4) is 16.9 Å². The molecule has 4 aromatic rings. The van der Waals surface area contributed by atoms with E-state index in [-0.39, 0.29) is 17.4 Å². The van der Waals surface area contributed by atoms with E-state index in [1.54, 1.807) is 16.8 Å². The number of hydrogen-bond donors (Lipinski definition) is 1. The van der Waals surface area contributed by atoms with Crippen LogP contribution in [0.15, 0.2) is 83.9 Å². The SMILES string of the molecule is C[C@@H](c1ccccc1)n1c(=O)c(-c2ccccc2)cc2c(O)cncc21. The highest BCUT2D eigenvalue weighted by molar-refractivity contribution is 5.88. The van der Waals surface area contributed by atoms with Gasteiger partial charge in [-0.1, -0.05) is 60.7 Å². The van der Waals surface area contributed by atoms with Crippen molar-refractivity contribution in [2.24, 2.45) is 0 Å². The van der Waals surface area contributed by atoms with Crippen LogP contribution in [0.4, 0.5) is 0 Å². The van der Waals surface area contributed by atoms with Gasteiger partial charge in [0.1, 0.15) is 5.75 Å². The second-order valence-corrected chi connectivity index (χ2v) is 6.28. The van der Waals surface area contributed by atoms with E-state index in [0.29, 0.717) is 16.5 Å². The Kier molecular flexibility index (Phi) is 4.01. The molecule has 1 N–H and O–H groups in total. The van der Waals surface area contributed by atoms with Crippen LogP contribution in [0.25, 0.3) is 22.0 Å². The van der Waals surface area contributed by atoms with Crippen LogP contribution < -0.4 is 5.56 Å². The van der Waals surface area contributed by atoms with Crippen molar-refractivity contribution in [1.82, 2.24) is 9.55 Å². The van der Waals surface area contributed by atoms with E-state index in [1.807, 2.05) is 67.6 Å². The van der Waals surface area contributed by atoms with Gasteiger partial charge in [0.15, 0.2) is 0 Å². The molecule has 0 saturated heterocycles. The third-order valence-electron chi connectivity index (χ3n) is 4.70. The lowest BCUT2D eigenvalue weighted by Gasteiger charge is -2.20. The average Bonchev–Trinajstić information content (AvgIpc) is 2.69. The van der Waals surface area contributed by atoms with E-state index in [9.17, 15) is 9.90 Å². The second kappa shape index (κ2) is 6.48. The van der Waals surface area contributed by atoms with Gasteiger partial charge in [0.05, 0.1) is 24.0 Å². The molecular weight excluding hydrogens is 324 g/mol. The first kappa shape index (κ1) is 16.1. The Hall–Kier alpha value is -3.40. The van der Waals surface area contributed by atoms with E-state index < -0.39 is 0 Å². The number of hydrogen-bond acceptors (Lipinski definition) is 3. The molecule has 0 unspecified atom stereocenters. The molecule has 0 aliphatic heterocycles. The van der Waals surface area contributed by atoms with Gasteiger partial charge in [0.25, 0.3) is 5.56 Å². The van der Waals surface area contributed by atoms with Gasteiger partial charge < -0.3 is 5.11 Å². The quantitative estimate of drug-likeness (QED) is 0.601. The molecule has 0 radical (unpaired) electrons. The molecule has 2 aromatic carbocycles. The fourth-order valence-corrected chi connectivity index (χ4v) is 3.32. The van der Waals surface area contributed by atoms with Crippen molar-refractivity contribution in [3.63, 3.8) is 0 Å². The molecule has 2 aromatic heterocycles. The van der Waals surface area contributed by atoms with Crippen LogP contribution >= 0.6 is 0 Å². The summed E-state index contributed by atoms with van der Waals surface area (Å²) in [6.45, 7) is 1.98. The van der Waals surface area contributed by atoms with Gasteiger partial charge in [0.2, 0.25) is 0 Å². The Morgan fingerprint density at radius 3 is 2.31 bits per heavy atom. The second-order valence-electron chi connectivity index (χ2n) is 6.28. The van der Waals surface area contributed by atoms with Gasteiger partial charge in [-0.25, -0.2) is 0 Å². The van der Waals surface area contributed by atoms with E-state index in [1.165, 1.54) is 6.20 Å². The zero-order valence-electron chi connectivity index (χ0n) is 14.3. The first-order chi connectivity index (χ1) is 12.7. The lowest BCUT2D eigenvalue weighted by Crippen LogP contribution is -2.26. The average molecular weight is 342 g/mol. The van der Waals surface area contributed by atoms with Crippen molar-refractivity contribution in [1.29, 1.82) is 0 Å². The summed E-state index contributed by atoms with van der Waals surface area (Å²) in [5.74, 6) is 0.0636. The summed E-state index contributed by atoms with van der Waals surface area (Å²) in [6, 6.07) is 20.9. The summed E-state index contributed by atoms with van der Waals surface area (Å²) in [5, 5.41) is 10.9. The van der Waals surface area contributed by atoms with Crippen LogP contribution in [0.5, 0.6) is 5.75 Å². The Morgan fingerprint density at radius 2 is 1.62 bits per heavy atom. The number of rotatable bonds is 3.